The molecule has 0 saturated carbocycles. The van der Waals surface area contributed by atoms with Crippen molar-refractivity contribution in [1.82, 2.24) is 0 Å². The summed E-state index contributed by atoms with van der Waals surface area (Å²) in [7, 11) is -4.29. The van der Waals surface area contributed by atoms with Crippen molar-refractivity contribution in [3.8, 4) is 0 Å². The minimum Gasteiger partial charge on any atom is -0.462 e. The zero-order chi connectivity index (χ0) is 41.1. The lowest BCUT2D eigenvalue weighted by Crippen LogP contribution is -2.29. The third-order valence-electron chi connectivity index (χ3n) is 9.31. The number of allylic oxidation sites excluding steroid dienone is 10. The van der Waals surface area contributed by atoms with Crippen molar-refractivity contribution in [3.05, 3.63) is 60.8 Å². The van der Waals surface area contributed by atoms with Gasteiger partial charge in [-0.05, 0) is 84.0 Å². The SMILES string of the molecule is CC/C=C\C/C=C\C/C=C\C/C=C\CCCCCCCCCCC(=O)OC(COC(=O)CCCCCCC/C=C\CCCCCCCC)COP(=O)(O)OCC. The molecule has 0 aromatic heterocycles. The van der Waals surface area contributed by atoms with Gasteiger partial charge in [0.25, 0.3) is 0 Å². The smallest absolute Gasteiger partial charge is 0.462 e. The molecule has 0 aliphatic rings. The number of ether oxygens (including phenoxy) is 2. The molecule has 0 amide bonds. The molecule has 0 fully saturated rings. The van der Waals surface area contributed by atoms with E-state index in [0.717, 1.165) is 89.9 Å². The van der Waals surface area contributed by atoms with Crippen LogP contribution in [0.2, 0.25) is 0 Å². The Hall–Kier alpha value is -2.25. The molecule has 9 heteroatoms. The molecule has 0 saturated heterocycles. The second-order valence-corrected chi connectivity index (χ2v) is 16.1. The number of hydrogen-bond acceptors (Lipinski definition) is 7. The number of phosphoric acid groups is 1. The minimum absolute atomic E-state index is 0.00476. The summed E-state index contributed by atoms with van der Waals surface area (Å²) in [4.78, 5) is 34.8. The minimum atomic E-state index is -4.29. The Morgan fingerprint density at radius 1 is 0.500 bits per heavy atom. The van der Waals surface area contributed by atoms with E-state index in [-0.39, 0.29) is 32.0 Å². The van der Waals surface area contributed by atoms with Gasteiger partial charge in [0.15, 0.2) is 6.10 Å². The first kappa shape index (κ1) is 53.8. The van der Waals surface area contributed by atoms with Crippen LogP contribution in [0.1, 0.15) is 201 Å². The van der Waals surface area contributed by atoms with Crippen LogP contribution in [0.15, 0.2) is 60.8 Å². The Bertz CT molecular complexity index is 1100. The maximum Gasteiger partial charge on any atom is 0.472 e. The molecular weight excluding hydrogens is 723 g/mol. The second-order valence-electron chi connectivity index (χ2n) is 14.7. The largest absolute Gasteiger partial charge is 0.472 e. The molecule has 0 aromatic rings. The molecule has 0 rings (SSSR count). The molecule has 2 atom stereocenters. The second kappa shape index (κ2) is 42.4. The van der Waals surface area contributed by atoms with E-state index >= 15 is 0 Å². The number of hydrogen-bond donors (Lipinski definition) is 1. The van der Waals surface area contributed by atoms with Gasteiger partial charge in [-0.1, -0.05) is 164 Å². The highest BCUT2D eigenvalue weighted by atomic mass is 31.2. The number of unbranched alkanes of at least 4 members (excludes halogenated alkanes) is 19. The van der Waals surface area contributed by atoms with Gasteiger partial charge >= 0.3 is 19.8 Å². The standard InChI is InChI=1S/C47H83O8P/c1-4-7-9-11-13-15-17-19-21-22-23-24-25-26-28-30-32-34-36-38-40-42-47(49)55-45(44-54-56(50,51)53-6-3)43-52-46(48)41-39-37-35-33-31-29-27-20-18-16-14-12-10-8-5-2/h7,9,13,15,19-21,23-24,27,45H,4-6,8,10-12,14,16-18,22,25-26,28-44H2,1-3H3,(H,50,51)/b9-7-,15-13-,21-19-,24-23-,27-20-. The van der Waals surface area contributed by atoms with E-state index in [0.29, 0.717) is 6.42 Å². The molecule has 0 bridgehead atoms. The Labute approximate surface area is 343 Å². The van der Waals surface area contributed by atoms with E-state index in [1.807, 2.05) is 0 Å². The van der Waals surface area contributed by atoms with Crippen molar-refractivity contribution in [2.75, 3.05) is 19.8 Å². The van der Waals surface area contributed by atoms with Crippen molar-refractivity contribution in [2.45, 2.75) is 207 Å². The van der Waals surface area contributed by atoms with Crippen LogP contribution in [0.3, 0.4) is 0 Å². The van der Waals surface area contributed by atoms with Crippen LogP contribution in [0, 0.1) is 0 Å². The summed E-state index contributed by atoms with van der Waals surface area (Å²) >= 11 is 0. The number of carbonyl (C=O) groups excluding carboxylic acids is 2. The van der Waals surface area contributed by atoms with E-state index in [9.17, 15) is 19.0 Å². The van der Waals surface area contributed by atoms with Crippen molar-refractivity contribution in [1.29, 1.82) is 0 Å². The molecule has 0 heterocycles. The summed E-state index contributed by atoms with van der Waals surface area (Å²) < 4.78 is 32.7. The quantitative estimate of drug-likeness (QED) is 0.0282. The van der Waals surface area contributed by atoms with Crippen LogP contribution in [0.25, 0.3) is 0 Å². The predicted molar refractivity (Wildman–Crippen MR) is 235 cm³/mol. The van der Waals surface area contributed by atoms with Gasteiger partial charge in [-0.25, -0.2) is 4.57 Å². The van der Waals surface area contributed by atoms with Crippen LogP contribution < -0.4 is 0 Å². The molecule has 56 heavy (non-hydrogen) atoms. The highest BCUT2D eigenvalue weighted by Gasteiger charge is 2.25. The summed E-state index contributed by atoms with van der Waals surface area (Å²) in [5.74, 6) is -0.817. The lowest BCUT2D eigenvalue weighted by Gasteiger charge is -2.19. The fraction of sp³-hybridized carbons (Fsp3) is 0.745. The van der Waals surface area contributed by atoms with Crippen molar-refractivity contribution in [2.24, 2.45) is 0 Å². The first-order valence-electron chi connectivity index (χ1n) is 22.6. The number of rotatable bonds is 41. The third-order valence-corrected chi connectivity index (χ3v) is 10.4. The van der Waals surface area contributed by atoms with Gasteiger partial charge in [0.2, 0.25) is 0 Å². The molecular formula is C47H83O8P. The Balaban J connectivity index is 4.08. The summed E-state index contributed by atoms with van der Waals surface area (Å²) in [5.41, 5.74) is 0. The van der Waals surface area contributed by atoms with E-state index in [4.69, 9.17) is 18.5 Å². The van der Waals surface area contributed by atoms with E-state index < -0.39 is 26.5 Å². The molecule has 0 aliphatic carbocycles. The van der Waals surface area contributed by atoms with Crippen LogP contribution in [0.4, 0.5) is 0 Å². The van der Waals surface area contributed by atoms with Crippen LogP contribution in [-0.2, 0) is 32.7 Å². The van der Waals surface area contributed by atoms with Gasteiger partial charge in [-0.3, -0.25) is 18.6 Å². The molecule has 0 radical (unpaired) electrons. The highest BCUT2D eigenvalue weighted by molar-refractivity contribution is 7.47. The summed E-state index contributed by atoms with van der Waals surface area (Å²) in [6, 6.07) is 0. The van der Waals surface area contributed by atoms with E-state index in [2.05, 4.69) is 74.6 Å². The number of esters is 2. The van der Waals surface area contributed by atoms with Crippen molar-refractivity contribution in [3.63, 3.8) is 0 Å². The fourth-order valence-electron chi connectivity index (χ4n) is 6.03. The van der Waals surface area contributed by atoms with Gasteiger partial charge in [-0.15, -0.1) is 0 Å². The third kappa shape index (κ3) is 41.4. The van der Waals surface area contributed by atoms with Crippen LogP contribution in [-0.4, -0.2) is 42.8 Å². The fourth-order valence-corrected chi connectivity index (χ4v) is 6.78. The van der Waals surface area contributed by atoms with Gasteiger partial charge in [0.05, 0.1) is 13.2 Å². The topological polar surface area (TPSA) is 108 Å². The zero-order valence-electron chi connectivity index (χ0n) is 36.0. The number of carbonyl (C=O) groups is 2. The molecule has 1 N–H and O–H groups in total. The molecule has 2 unspecified atom stereocenters. The van der Waals surface area contributed by atoms with Crippen LogP contribution >= 0.6 is 7.82 Å². The van der Waals surface area contributed by atoms with Gasteiger partial charge in [0, 0.05) is 12.8 Å². The van der Waals surface area contributed by atoms with E-state index in [1.54, 1.807) is 6.92 Å². The molecule has 324 valence electrons. The highest BCUT2D eigenvalue weighted by Crippen LogP contribution is 2.43. The molecule has 0 spiro atoms. The Morgan fingerprint density at radius 2 is 0.911 bits per heavy atom. The summed E-state index contributed by atoms with van der Waals surface area (Å²) in [5, 5.41) is 0. The number of phosphoric ester groups is 1. The first-order chi connectivity index (χ1) is 27.3. The monoisotopic (exact) mass is 807 g/mol. The average molecular weight is 807 g/mol. The lowest BCUT2D eigenvalue weighted by molar-refractivity contribution is -0.161. The van der Waals surface area contributed by atoms with E-state index in [1.165, 1.54) is 70.6 Å². The lowest BCUT2D eigenvalue weighted by atomic mass is 10.1. The Kier molecular flexibility index (Phi) is 40.7. The molecule has 0 aliphatic heterocycles. The first-order valence-corrected chi connectivity index (χ1v) is 24.1. The summed E-state index contributed by atoms with van der Waals surface area (Å²) in [6.45, 7) is 5.34. The van der Waals surface area contributed by atoms with Gasteiger partial charge in [-0.2, -0.15) is 0 Å². The van der Waals surface area contributed by atoms with Gasteiger partial charge < -0.3 is 14.4 Å². The van der Waals surface area contributed by atoms with Crippen molar-refractivity contribution >= 4 is 19.8 Å². The predicted octanol–water partition coefficient (Wildman–Crippen LogP) is 14.3. The van der Waals surface area contributed by atoms with Crippen LogP contribution in [0.5, 0.6) is 0 Å². The maximum atomic E-state index is 12.6. The Morgan fingerprint density at radius 3 is 1.39 bits per heavy atom. The average Bonchev–Trinajstić information content (AvgIpc) is 3.18. The van der Waals surface area contributed by atoms with Crippen molar-refractivity contribution < 1.29 is 37.6 Å². The summed E-state index contributed by atoms with van der Waals surface area (Å²) in [6.07, 6.45) is 51.3. The molecule has 0 aromatic carbocycles. The zero-order valence-corrected chi connectivity index (χ0v) is 36.9. The normalized spacial score (nSPS) is 13.9. The van der Waals surface area contributed by atoms with Gasteiger partial charge in [0.1, 0.15) is 6.61 Å². The molecule has 8 nitrogen and oxygen atoms in total. The maximum absolute atomic E-state index is 12.6.